The van der Waals surface area contributed by atoms with Gasteiger partial charge in [0.25, 0.3) is 5.91 Å². The summed E-state index contributed by atoms with van der Waals surface area (Å²) in [5, 5.41) is 2.85. The fourth-order valence-corrected chi connectivity index (χ4v) is 3.01. The average Bonchev–Trinajstić information content (AvgIpc) is 2.85. The zero-order valence-electron chi connectivity index (χ0n) is 17.6. The van der Waals surface area contributed by atoms with Crippen LogP contribution in [0.5, 0.6) is 23.1 Å². The molecule has 0 aliphatic carbocycles. The van der Waals surface area contributed by atoms with E-state index in [1.807, 2.05) is 30.3 Å². The largest absolute Gasteiger partial charge is 0.497 e. The molecule has 4 rings (SSSR count). The van der Waals surface area contributed by atoms with Gasteiger partial charge in [-0.1, -0.05) is 30.3 Å². The SMILES string of the molecule is COc1ccc(NC(=O)c2ccc(-c3nccc(Oc4ccccc4)n3)cc2)c(OC)c1. The van der Waals surface area contributed by atoms with Crippen LogP contribution in [-0.2, 0) is 0 Å². The molecule has 0 aliphatic rings. The Morgan fingerprint density at radius 3 is 2.34 bits per heavy atom. The lowest BCUT2D eigenvalue weighted by atomic mass is 10.1. The number of rotatable bonds is 7. The number of ether oxygens (including phenoxy) is 3. The summed E-state index contributed by atoms with van der Waals surface area (Å²) in [6.07, 6.45) is 1.64. The van der Waals surface area contributed by atoms with Crippen LogP contribution in [0.3, 0.4) is 0 Å². The number of carbonyl (C=O) groups is 1. The second-order valence-corrected chi connectivity index (χ2v) is 6.73. The van der Waals surface area contributed by atoms with Gasteiger partial charge in [0, 0.05) is 29.5 Å². The lowest BCUT2D eigenvalue weighted by molar-refractivity contribution is 0.102. The zero-order chi connectivity index (χ0) is 22.3. The molecule has 0 atom stereocenters. The molecule has 0 radical (unpaired) electrons. The summed E-state index contributed by atoms with van der Waals surface area (Å²) in [4.78, 5) is 21.5. The van der Waals surface area contributed by atoms with Crippen molar-refractivity contribution in [3.05, 3.63) is 90.6 Å². The Kier molecular flexibility index (Phi) is 6.27. The van der Waals surface area contributed by atoms with E-state index in [-0.39, 0.29) is 5.91 Å². The predicted molar refractivity (Wildman–Crippen MR) is 121 cm³/mol. The van der Waals surface area contributed by atoms with Gasteiger partial charge in [0.1, 0.15) is 17.2 Å². The van der Waals surface area contributed by atoms with Crippen molar-refractivity contribution in [3.63, 3.8) is 0 Å². The highest BCUT2D eigenvalue weighted by molar-refractivity contribution is 6.05. The second-order valence-electron chi connectivity index (χ2n) is 6.73. The van der Waals surface area contributed by atoms with Crippen molar-refractivity contribution < 1.29 is 19.0 Å². The van der Waals surface area contributed by atoms with Gasteiger partial charge >= 0.3 is 0 Å². The smallest absolute Gasteiger partial charge is 0.255 e. The minimum Gasteiger partial charge on any atom is -0.497 e. The van der Waals surface area contributed by atoms with E-state index in [1.165, 1.54) is 7.11 Å². The molecule has 32 heavy (non-hydrogen) atoms. The third-order valence-corrected chi connectivity index (χ3v) is 4.66. The Labute approximate surface area is 185 Å². The van der Waals surface area contributed by atoms with Crippen molar-refractivity contribution >= 4 is 11.6 Å². The first-order chi connectivity index (χ1) is 15.7. The van der Waals surface area contributed by atoms with Crippen LogP contribution in [0.15, 0.2) is 85.1 Å². The zero-order valence-corrected chi connectivity index (χ0v) is 17.6. The quantitative estimate of drug-likeness (QED) is 0.436. The number of benzene rings is 3. The first-order valence-corrected chi connectivity index (χ1v) is 9.86. The minimum absolute atomic E-state index is 0.262. The number of anilines is 1. The van der Waals surface area contributed by atoms with E-state index in [0.717, 1.165) is 5.56 Å². The van der Waals surface area contributed by atoms with Gasteiger partial charge in [-0.3, -0.25) is 4.79 Å². The maximum absolute atomic E-state index is 12.7. The molecule has 0 unspecified atom stereocenters. The fraction of sp³-hybridized carbons (Fsp3) is 0.0800. The summed E-state index contributed by atoms with van der Waals surface area (Å²) in [5.74, 6) is 2.53. The highest BCUT2D eigenvalue weighted by Gasteiger charge is 2.12. The Hall–Kier alpha value is -4.39. The molecular formula is C25H21N3O4. The van der Waals surface area contributed by atoms with Crippen LogP contribution in [0, 0.1) is 0 Å². The third kappa shape index (κ3) is 4.84. The molecule has 0 saturated heterocycles. The molecule has 160 valence electrons. The molecule has 1 amide bonds. The molecule has 0 fully saturated rings. The van der Waals surface area contributed by atoms with Crippen LogP contribution in [0.4, 0.5) is 5.69 Å². The van der Waals surface area contributed by atoms with Crippen LogP contribution in [0.25, 0.3) is 11.4 Å². The molecule has 7 heteroatoms. The maximum atomic E-state index is 12.7. The van der Waals surface area contributed by atoms with Crippen molar-refractivity contribution in [3.8, 4) is 34.5 Å². The van der Waals surface area contributed by atoms with Crippen molar-refractivity contribution in [2.75, 3.05) is 19.5 Å². The summed E-state index contributed by atoms with van der Waals surface area (Å²) in [5.41, 5.74) is 1.81. The van der Waals surface area contributed by atoms with Gasteiger partial charge in [0.05, 0.1) is 19.9 Å². The van der Waals surface area contributed by atoms with E-state index in [9.17, 15) is 4.79 Å². The highest BCUT2D eigenvalue weighted by Crippen LogP contribution is 2.29. The summed E-state index contributed by atoms with van der Waals surface area (Å²) >= 11 is 0. The first kappa shape index (κ1) is 20.9. The summed E-state index contributed by atoms with van der Waals surface area (Å²) in [6, 6.07) is 23.3. The minimum atomic E-state index is -0.262. The number of methoxy groups -OCH3 is 2. The molecular weight excluding hydrogens is 406 g/mol. The van der Waals surface area contributed by atoms with Crippen LogP contribution < -0.4 is 19.5 Å². The lowest BCUT2D eigenvalue weighted by Crippen LogP contribution is -2.12. The van der Waals surface area contributed by atoms with Crippen molar-refractivity contribution in [2.24, 2.45) is 0 Å². The molecule has 4 aromatic rings. The number of hydrogen-bond acceptors (Lipinski definition) is 6. The molecule has 1 heterocycles. The molecule has 7 nitrogen and oxygen atoms in total. The topological polar surface area (TPSA) is 82.6 Å². The van der Waals surface area contributed by atoms with Crippen LogP contribution in [0.1, 0.15) is 10.4 Å². The Morgan fingerprint density at radius 1 is 0.844 bits per heavy atom. The van der Waals surface area contributed by atoms with E-state index in [0.29, 0.717) is 40.2 Å². The van der Waals surface area contributed by atoms with E-state index < -0.39 is 0 Å². The molecule has 0 saturated carbocycles. The number of para-hydroxylation sites is 1. The van der Waals surface area contributed by atoms with Gasteiger partial charge in [-0.15, -0.1) is 0 Å². The van der Waals surface area contributed by atoms with E-state index in [4.69, 9.17) is 14.2 Å². The van der Waals surface area contributed by atoms with E-state index in [2.05, 4.69) is 15.3 Å². The highest BCUT2D eigenvalue weighted by atomic mass is 16.5. The monoisotopic (exact) mass is 427 g/mol. The molecule has 1 N–H and O–H groups in total. The molecule has 3 aromatic carbocycles. The molecule has 0 spiro atoms. The average molecular weight is 427 g/mol. The fourth-order valence-electron chi connectivity index (χ4n) is 3.01. The van der Waals surface area contributed by atoms with E-state index >= 15 is 0 Å². The Morgan fingerprint density at radius 2 is 1.62 bits per heavy atom. The Bertz CT molecular complexity index is 1210. The lowest BCUT2D eigenvalue weighted by Gasteiger charge is -2.12. The third-order valence-electron chi connectivity index (χ3n) is 4.66. The standard InChI is InChI=1S/C25H21N3O4/c1-30-20-12-13-21(22(16-20)31-2)27-25(29)18-10-8-17(9-11-18)24-26-15-14-23(28-24)32-19-6-4-3-5-7-19/h3-16H,1-2H3,(H,27,29). The van der Waals surface area contributed by atoms with Gasteiger partial charge in [0.15, 0.2) is 5.82 Å². The summed E-state index contributed by atoms with van der Waals surface area (Å²) < 4.78 is 16.3. The Balaban J connectivity index is 1.49. The van der Waals surface area contributed by atoms with E-state index in [1.54, 1.807) is 61.8 Å². The normalized spacial score (nSPS) is 10.3. The maximum Gasteiger partial charge on any atom is 0.255 e. The molecule has 0 aliphatic heterocycles. The number of carbonyl (C=O) groups excluding carboxylic acids is 1. The van der Waals surface area contributed by atoms with Gasteiger partial charge in [-0.25, -0.2) is 4.98 Å². The molecule has 1 aromatic heterocycles. The molecule has 0 bridgehead atoms. The van der Waals surface area contributed by atoms with Gasteiger partial charge in [-0.2, -0.15) is 4.98 Å². The second kappa shape index (κ2) is 9.61. The summed E-state index contributed by atoms with van der Waals surface area (Å²) in [7, 11) is 3.11. The van der Waals surface area contributed by atoms with Crippen molar-refractivity contribution in [1.29, 1.82) is 0 Å². The number of aromatic nitrogens is 2. The number of nitrogens with one attached hydrogen (secondary N) is 1. The summed E-state index contributed by atoms with van der Waals surface area (Å²) in [6.45, 7) is 0. The number of nitrogens with zero attached hydrogens (tertiary/aromatic N) is 2. The number of amides is 1. The van der Waals surface area contributed by atoms with Gasteiger partial charge in [0.2, 0.25) is 5.88 Å². The van der Waals surface area contributed by atoms with Gasteiger partial charge < -0.3 is 19.5 Å². The van der Waals surface area contributed by atoms with Gasteiger partial charge in [-0.05, 0) is 36.4 Å². The van der Waals surface area contributed by atoms with Crippen LogP contribution in [-0.4, -0.2) is 30.1 Å². The van der Waals surface area contributed by atoms with Crippen LogP contribution >= 0.6 is 0 Å². The number of hydrogen-bond donors (Lipinski definition) is 1. The predicted octanol–water partition coefficient (Wildman–Crippen LogP) is 5.21. The van der Waals surface area contributed by atoms with Crippen molar-refractivity contribution in [1.82, 2.24) is 9.97 Å². The first-order valence-electron chi connectivity index (χ1n) is 9.86. The van der Waals surface area contributed by atoms with Crippen molar-refractivity contribution in [2.45, 2.75) is 0 Å². The van der Waals surface area contributed by atoms with Crippen LogP contribution in [0.2, 0.25) is 0 Å².